The van der Waals surface area contributed by atoms with Gasteiger partial charge >= 0.3 is 0 Å². The highest BCUT2D eigenvalue weighted by Gasteiger charge is 2.30. The van der Waals surface area contributed by atoms with E-state index < -0.39 is 0 Å². The van der Waals surface area contributed by atoms with Crippen molar-refractivity contribution in [2.75, 3.05) is 19.6 Å². The number of anilines is 12. The zero-order valence-electron chi connectivity index (χ0n) is 55.9. The number of rotatable bonds is 12. The quantitative estimate of drug-likeness (QED) is 0.0886. The number of fused-ring (bicyclic) bond motifs is 8. The molecule has 4 heterocycles. The van der Waals surface area contributed by atoms with Gasteiger partial charge in [0.2, 0.25) is 0 Å². The summed E-state index contributed by atoms with van der Waals surface area (Å²) in [6.45, 7) is 8.22. The molecule has 0 spiro atoms. The minimum atomic E-state index is 0.870. The van der Waals surface area contributed by atoms with Crippen molar-refractivity contribution in [3.8, 4) is 0 Å². The minimum Gasteiger partial charge on any atom is -0.294 e. The number of aryl methyl sites for hydroxylation is 4. The van der Waals surface area contributed by atoms with Crippen LogP contribution in [0.1, 0.15) is 22.8 Å². The molecule has 8 nitrogen and oxygen atoms in total. The van der Waals surface area contributed by atoms with E-state index in [-0.39, 0.29) is 0 Å². The van der Waals surface area contributed by atoms with Gasteiger partial charge in [-0.3, -0.25) is 19.6 Å². The number of benzene rings is 14. The molecule has 0 N–H and O–H groups in total. The second-order valence-corrected chi connectivity index (χ2v) is 25.5. The molecule has 0 fully saturated rings. The number of pyridine rings is 4. The lowest BCUT2D eigenvalue weighted by atomic mass is 9.95. The van der Waals surface area contributed by atoms with Crippen LogP contribution in [0, 0.1) is 27.7 Å². The van der Waals surface area contributed by atoms with E-state index in [0.717, 1.165) is 145 Å². The first-order chi connectivity index (χ1) is 49.3. The van der Waals surface area contributed by atoms with Gasteiger partial charge in [-0.25, -0.2) is 19.9 Å². The van der Waals surface area contributed by atoms with E-state index in [4.69, 9.17) is 19.9 Å². The fourth-order valence-corrected chi connectivity index (χ4v) is 14.6. The third-order valence-corrected chi connectivity index (χ3v) is 19.1. The van der Waals surface area contributed by atoms with Crippen LogP contribution in [-0.2, 0) is 0 Å². The first kappa shape index (κ1) is 60.6. The summed E-state index contributed by atoms with van der Waals surface area (Å²) in [7, 11) is 0. The molecular weight excluding hydrogens is 1220 g/mol. The van der Waals surface area contributed by atoms with Crippen molar-refractivity contribution >= 4 is 155 Å². The molecule has 476 valence electrons. The van der Waals surface area contributed by atoms with Crippen molar-refractivity contribution in [3.05, 3.63) is 362 Å². The molecular formula is C92H68N8. The average molecular weight is 1290 g/mol. The van der Waals surface area contributed by atoms with Crippen LogP contribution in [0.2, 0.25) is 0 Å². The first-order valence-electron chi connectivity index (χ1n) is 34.0. The largest absolute Gasteiger partial charge is 0.294 e. The van der Waals surface area contributed by atoms with Gasteiger partial charge in [0.25, 0.3) is 0 Å². The Bertz CT molecular complexity index is 5680. The van der Waals surface area contributed by atoms with E-state index in [0.29, 0.717) is 0 Å². The summed E-state index contributed by atoms with van der Waals surface area (Å²) in [4.78, 5) is 29.9. The van der Waals surface area contributed by atoms with Crippen LogP contribution in [0.25, 0.3) is 86.2 Å². The summed E-state index contributed by atoms with van der Waals surface area (Å²) in [5.74, 6) is 3.48. The lowest BCUT2D eigenvalue weighted by Gasteiger charge is -2.32. The first-order valence-corrected chi connectivity index (χ1v) is 34.0. The van der Waals surface area contributed by atoms with Gasteiger partial charge in [-0.1, -0.05) is 255 Å². The van der Waals surface area contributed by atoms with E-state index in [1.165, 1.54) is 32.3 Å². The summed E-state index contributed by atoms with van der Waals surface area (Å²) in [6.07, 6.45) is 0. The van der Waals surface area contributed by atoms with Gasteiger partial charge in [0.15, 0.2) is 0 Å². The number of hydrogen-bond donors (Lipinski definition) is 0. The van der Waals surface area contributed by atoms with Crippen molar-refractivity contribution in [1.29, 1.82) is 0 Å². The summed E-state index contributed by atoms with van der Waals surface area (Å²) >= 11 is 0. The Morgan fingerprint density at radius 3 is 0.710 bits per heavy atom. The highest BCUT2D eigenvalue weighted by Crippen LogP contribution is 2.54. The van der Waals surface area contributed by atoms with Crippen molar-refractivity contribution in [2.24, 2.45) is 0 Å². The maximum atomic E-state index is 5.15. The zero-order valence-corrected chi connectivity index (χ0v) is 55.9. The summed E-state index contributed by atoms with van der Waals surface area (Å²) in [6, 6.07) is 121. The topological polar surface area (TPSA) is 64.5 Å². The second-order valence-electron chi connectivity index (χ2n) is 25.5. The lowest BCUT2D eigenvalue weighted by Crippen LogP contribution is -2.16. The molecule has 0 unspecified atom stereocenters. The van der Waals surface area contributed by atoms with Gasteiger partial charge in [-0.05, 0) is 145 Å². The lowest BCUT2D eigenvalue weighted by molar-refractivity contribution is 1.13. The molecule has 0 saturated carbocycles. The average Bonchev–Trinajstić information content (AvgIpc) is 0.725. The summed E-state index contributed by atoms with van der Waals surface area (Å²) < 4.78 is 0. The fourth-order valence-electron chi connectivity index (χ4n) is 14.6. The van der Waals surface area contributed by atoms with Crippen LogP contribution in [0.4, 0.5) is 68.8 Å². The number of nitrogens with zero attached hydrogens (tertiary/aromatic N) is 8. The van der Waals surface area contributed by atoms with Crippen LogP contribution < -0.4 is 19.6 Å². The Hall–Kier alpha value is -13.0. The maximum Gasteiger partial charge on any atom is 0.137 e. The Balaban J connectivity index is 0.000000150. The highest BCUT2D eigenvalue weighted by molar-refractivity contribution is 6.26. The molecule has 0 saturated heterocycles. The van der Waals surface area contributed by atoms with Crippen LogP contribution >= 0.6 is 0 Å². The predicted octanol–water partition coefficient (Wildman–Crippen LogP) is 25.3. The molecule has 0 aliphatic heterocycles. The van der Waals surface area contributed by atoms with Crippen LogP contribution in [0.5, 0.6) is 0 Å². The highest BCUT2D eigenvalue weighted by atomic mass is 15.2. The minimum absolute atomic E-state index is 0.870. The Morgan fingerprint density at radius 2 is 0.410 bits per heavy atom. The Kier molecular flexibility index (Phi) is 15.7. The molecule has 4 aromatic heterocycles. The molecule has 0 amide bonds. The fraction of sp³-hybridized carbons (Fsp3) is 0.0435. The molecule has 0 radical (unpaired) electrons. The summed E-state index contributed by atoms with van der Waals surface area (Å²) in [5, 5.41) is 18.4. The molecule has 0 aliphatic rings. The van der Waals surface area contributed by atoms with Gasteiger partial charge in [-0.2, -0.15) is 0 Å². The molecule has 0 atom stereocenters. The molecule has 0 bridgehead atoms. The van der Waals surface area contributed by atoms with Crippen molar-refractivity contribution in [3.63, 3.8) is 0 Å². The zero-order chi connectivity index (χ0) is 67.2. The van der Waals surface area contributed by atoms with E-state index in [9.17, 15) is 0 Å². The molecule has 14 aromatic carbocycles. The number of hydrogen-bond acceptors (Lipinski definition) is 8. The molecule has 100 heavy (non-hydrogen) atoms. The van der Waals surface area contributed by atoms with E-state index in [2.05, 4.69) is 387 Å². The third-order valence-electron chi connectivity index (χ3n) is 19.1. The number of aromatic nitrogens is 4. The Morgan fingerprint density at radius 1 is 0.180 bits per heavy atom. The van der Waals surface area contributed by atoms with Crippen molar-refractivity contribution < 1.29 is 0 Å². The Labute approximate surface area is 581 Å². The SMILES string of the molecule is Cc1cccc(N(c2ccc3ccccc3c2)c2c3ccccc3c(N(c3ccc4ccccc4c3)c3cccc(C)n3)c3ccccc23)n1.Cc1cccc(N(c2cccc3ccccc23)c2c3ccccc3c(N(c3cccc(C)n3)c3cccc4ccccc34)c3ccccc23)n1. The predicted molar refractivity (Wildman–Crippen MR) is 422 cm³/mol. The molecule has 18 rings (SSSR count). The molecule has 18 aromatic rings. The van der Waals surface area contributed by atoms with Crippen LogP contribution in [-0.4, -0.2) is 19.9 Å². The standard InChI is InChI=1S/2C46H34N4/c1-31-15-11-29-43(47-31)49(41-27-13-19-33-17-3-5-21-35(33)41)45-37-23-7-9-25-39(37)46(40-26-10-8-24-38(40)45)50(44-30-12-16-32(2)48-44)42-28-14-20-34-18-4-6-22-36(34)42;1-31-13-11-23-43(47-31)49(37-27-25-33-15-3-5-17-35(33)29-37)45-39-19-7-9-21-41(39)46(42-22-10-8-20-40(42)45)50(44-24-12-14-32(2)48-44)38-28-26-34-16-4-6-18-36(34)30-38/h2*3-30H,1-2H3. The summed E-state index contributed by atoms with van der Waals surface area (Å²) in [5.41, 5.74) is 12.5. The monoisotopic (exact) mass is 1280 g/mol. The van der Waals surface area contributed by atoms with Crippen molar-refractivity contribution in [1.82, 2.24) is 19.9 Å². The molecule has 8 heteroatoms. The van der Waals surface area contributed by atoms with Gasteiger partial charge < -0.3 is 0 Å². The van der Waals surface area contributed by atoms with Crippen LogP contribution in [0.3, 0.4) is 0 Å². The van der Waals surface area contributed by atoms with Gasteiger partial charge in [0.1, 0.15) is 23.3 Å². The van der Waals surface area contributed by atoms with E-state index in [1.807, 2.05) is 0 Å². The van der Waals surface area contributed by atoms with Gasteiger partial charge in [0.05, 0.1) is 34.1 Å². The smallest absolute Gasteiger partial charge is 0.137 e. The van der Waals surface area contributed by atoms with E-state index >= 15 is 0 Å². The maximum absolute atomic E-state index is 5.15. The van der Waals surface area contributed by atoms with Gasteiger partial charge in [0, 0.05) is 88.0 Å². The second kappa shape index (κ2) is 25.8. The van der Waals surface area contributed by atoms with Gasteiger partial charge in [-0.15, -0.1) is 0 Å². The van der Waals surface area contributed by atoms with Crippen LogP contribution in [0.15, 0.2) is 340 Å². The molecule has 0 aliphatic carbocycles. The van der Waals surface area contributed by atoms with E-state index in [1.54, 1.807) is 0 Å². The van der Waals surface area contributed by atoms with Crippen molar-refractivity contribution in [2.45, 2.75) is 27.7 Å². The third kappa shape index (κ3) is 11.0. The normalized spacial score (nSPS) is 11.4.